The first kappa shape index (κ1) is 12.7. The lowest BCUT2D eigenvalue weighted by Gasteiger charge is -2.06. The molecule has 0 saturated carbocycles. The summed E-state index contributed by atoms with van der Waals surface area (Å²) in [5.74, 6) is 1.07. The fourth-order valence-corrected chi connectivity index (χ4v) is 1.35. The minimum absolute atomic E-state index is 0.0609. The van der Waals surface area contributed by atoms with Crippen LogP contribution in [0, 0.1) is 6.92 Å². The first-order valence-electron chi connectivity index (χ1n) is 5.13. The zero-order valence-corrected chi connectivity index (χ0v) is 10.1. The molecule has 0 aliphatic carbocycles. The predicted molar refractivity (Wildman–Crippen MR) is 63.6 cm³/mol. The third-order valence-electron chi connectivity index (χ3n) is 1.81. The number of amides is 1. The van der Waals surface area contributed by atoms with E-state index in [1.165, 1.54) is 0 Å². The van der Waals surface area contributed by atoms with Crippen molar-refractivity contribution in [2.24, 2.45) is 0 Å². The smallest absolute Gasteiger partial charge is 0.239 e. The molecular weight excluding hydrogens is 228 g/mol. The molecule has 0 saturated heterocycles. The number of nitrogens with one attached hydrogen (secondary N) is 2. The summed E-state index contributed by atoms with van der Waals surface area (Å²) in [6, 6.07) is 1.58. The minimum Gasteiger partial charge on any atom is -0.361 e. The van der Waals surface area contributed by atoms with Crippen LogP contribution in [0.3, 0.4) is 0 Å². The largest absolute Gasteiger partial charge is 0.361 e. The molecule has 1 amide bonds. The number of carbonyl (C=O) groups excluding carboxylic acids is 1. The van der Waals surface area contributed by atoms with Crippen LogP contribution in [0.2, 0.25) is 5.15 Å². The highest BCUT2D eigenvalue weighted by Crippen LogP contribution is 2.10. The second kappa shape index (κ2) is 6.27. The minimum atomic E-state index is -0.0609. The Morgan fingerprint density at radius 2 is 2.25 bits per heavy atom. The second-order valence-corrected chi connectivity index (χ2v) is 3.71. The molecule has 0 aromatic carbocycles. The van der Waals surface area contributed by atoms with Crippen LogP contribution in [0.15, 0.2) is 6.07 Å². The zero-order chi connectivity index (χ0) is 12.0. The van der Waals surface area contributed by atoms with E-state index in [1.54, 1.807) is 13.0 Å². The molecule has 0 bridgehead atoms. The Morgan fingerprint density at radius 3 is 2.88 bits per heavy atom. The molecule has 0 spiro atoms. The number of halogens is 1. The van der Waals surface area contributed by atoms with E-state index in [4.69, 9.17) is 11.6 Å². The van der Waals surface area contributed by atoms with Crippen molar-refractivity contribution in [3.8, 4) is 0 Å². The van der Waals surface area contributed by atoms with Crippen LogP contribution in [0.4, 0.5) is 5.82 Å². The first-order valence-corrected chi connectivity index (χ1v) is 5.51. The maximum atomic E-state index is 11.3. The van der Waals surface area contributed by atoms with Crippen LogP contribution in [-0.2, 0) is 4.79 Å². The normalized spacial score (nSPS) is 9.94. The Labute approximate surface area is 99.6 Å². The molecule has 1 aromatic heterocycles. The van der Waals surface area contributed by atoms with Crippen LogP contribution in [0.1, 0.15) is 19.2 Å². The van der Waals surface area contributed by atoms with Gasteiger partial charge in [-0.2, -0.15) is 0 Å². The summed E-state index contributed by atoms with van der Waals surface area (Å²) in [7, 11) is 0. The van der Waals surface area contributed by atoms with E-state index in [0.717, 1.165) is 6.42 Å². The Hall–Kier alpha value is -1.36. The van der Waals surface area contributed by atoms with Crippen molar-refractivity contribution in [2.75, 3.05) is 18.4 Å². The molecule has 2 N–H and O–H groups in total. The third kappa shape index (κ3) is 4.44. The van der Waals surface area contributed by atoms with Crippen LogP contribution < -0.4 is 10.6 Å². The van der Waals surface area contributed by atoms with Crippen molar-refractivity contribution >= 4 is 23.3 Å². The summed E-state index contributed by atoms with van der Waals surface area (Å²) in [5.41, 5.74) is 0. The van der Waals surface area contributed by atoms with E-state index >= 15 is 0 Å². The van der Waals surface area contributed by atoms with Crippen molar-refractivity contribution in [3.05, 3.63) is 17.0 Å². The van der Waals surface area contributed by atoms with Gasteiger partial charge in [0.2, 0.25) is 5.91 Å². The fourth-order valence-electron chi connectivity index (χ4n) is 1.12. The number of hydrogen-bond acceptors (Lipinski definition) is 4. The number of aryl methyl sites for hydroxylation is 1. The van der Waals surface area contributed by atoms with Crippen molar-refractivity contribution in [1.82, 2.24) is 15.3 Å². The van der Waals surface area contributed by atoms with Gasteiger partial charge in [0.1, 0.15) is 16.8 Å². The van der Waals surface area contributed by atoms with Gasteiger partial charge in [0.05, 0.1) is 6.54 Å². The van der Waals surface area contributed by atoms with Gasteiger partial charge in [-0.15, -0.1) is 0 Å². The quantitative estimate of drug-likeness (QED) is 0.766. The summed E-state index contributed by atoms with van der Waals surface area (Å²) < 4.78 is 0. The number of rotatable bonds is 5. The molecule has 0 atom stereocenters. The topological polar surface area (TPSA) is 66.9 Å². The highest BCUT2D eigenvalue weighted by Gasteiger charge is 2.02. The van der Waals surface area contributed by atoms with E-state index in [2.05, 4.69) is 20.6 Å². The average Bonchev–Trinajstić information content (AvgIpc) is 2.22. The number of nitrogens with zero attached hydrogens (tertiary/aromatic N) is 2. The van der Waals surface area contributed by atoms with E-state index in [9.17, 15) is 4.79 Å². The molecule has 0 aliphatic heterocycles. The molecule has 0 radical (unpaired) electrons. The molecule has 6 heteroatoms. The van der Waals surface area contributed by atoms with E-state index in [0.29, 0.717) is 23.3 Å². The summed E-state index contributed by atoms with van der Waals surface area (Å²) in [6.07, 6.45) is 0.921. The number of anilines is 1. The van der Waals surface area contributed by atoms with Gasteiger partial charge >= 0.3 is 0 Å². The van der Waals surface area contributed by atoms with E-state index < -0.39 is 0 Å². The van der Waals surface area contributed by atoms with E-state index in [1.807, 2.05) is 6.92 Å². The first-order chi connectivity index (χ1) is 7.61. The summed E-state index contributed by atoms with van der Waals surface area (Å²) in [4.78, 5) is 19.3. The summed E-state index contributed by atoms with van der Waals surface area (Å²) >= 11 is 5.76. The summed E-state index contributed by atoms with van der Waals surface area (Å²) in [6.45, 7) is 4.62. The lowest BCUT2D eigenvalue weighted by molar-refractivity contribution is -0.119. The number of aromatic nitrogens is 2. The molecule has 5 nitrogen and oxygen atoms in total. The Balaban J connectivity index is 2.45. The molecule has 1 heterocycles. The van der Waals surface area contributed by atoms with Gasteiger partial charge in [-0.25, -0.2) is 9.97 Å². The predicted octanol–water partition coefficient (Wildman–Crippen LogP) is 1.38. The van der Waals surface area contributed by atoms with Crippen LogP contribution in [0.25, 0.3) is 0 Å². The van der Waals surface area contributed by atoms with Crippen LogP contribution >= 0.6 is 11.6 Å². The maximum Gasteiger partial charge on any atom is 0.239 e. The Kier molecular flexibility index (Phi) is 4.98. The Bertz CT molecular complexity index is 350. The van der Waals surface area contributed by atoms with Crippen LogP contribution in [0.5, 0.6) is 0 Å². The fraction of sp³-hybridized carbons (Fsp3) is 0.500. The van der Waals surface area contributed by atoms with Crippen LogP contribution in [-0.4, -0.2) is 29.0 Å². The molecule has 0 fully saturated rings. The van der Waals surface area contributed by atoms with Gasteiger partial charge in [-0.05, 0) is 13.3 Å². The molecule has 0 unspecified atom stereocenters. The van der Waals surface area contributed by atoms with Gasteiger partial charge < -0.3 is 10.6 Å². The highest BCUT2D eigenvalue weighted by molar-refractivity contribution is 6.29. The second-order valence-electron chi connectivity index (χ2n) is 3.33. The van der Waals surface area contributed by atoms with E-state index in [-0.39, 0.29) is 12.5 Å². The Morgan fingerprint density at radius 1 is 1.50 bits per heavy atom. The number of hydrogen-bond donors (Lipinski definition) is 2. The highest BCUT2D eigenvalue weighted by atomic mass is 35.5. The number of carbonyl (C=O) groups is 1. The average molecular weight is 243 g/mol. The molecule has 88 valence electrons. The van der Waals surface area contributed by atoms with Gasteiger partial charge in [-0.3, -0.25) is 4.79 Å². The van der Waals surface area contributed by atoms with Gasteiger partial charge in [0, 0.05) is 12.6 Å². The van der Waals surface area contributed by atoms with Gasteiger partial charge in [0.25, 0.3) is 0 Å². The van der Waals surface area contributed by atoms with Crippen molar-refractivity contribution in [3.63, 3.8) is 0 Å². The SMILES string of the molecule is CCCNC(=O)CNc1cc(Cl)nc(C)n1. The molecule has 1 aromatic rings. The lowest BCUT2D eigenvalue weighted by atomic mass is 10.4. The van der Waals surface area contributed by atoms with Crippen molar-refractivity contribution in [1.29, 1.82) is 0 Å². The molecule has 16 heavy (non-hydrogen) atoms. The zero-order valence-electron chi connectivity index (χ0n) is 9.38. The van der Waals surface area contributed by atoms with Crippen molar-refractivity contribution < 1.29 is 4.79 Å². The monoisotopic (exact) mass is 242 g/mol. The standard InChI is InChI=1S/C10H15ClN4O/c1-3-4-12-10(16)6-13-9-5-8(11)14-7(2)15-9/h5H,3-4,6H2,1-2H3,(H,12,16)(H,13,14,15). The molecule has 0 aliphatic rings. The third-order valence-corrected chi connectivity index (χ3v) is 2.00. The molecular formula is C10H15ClN4O. The molecule has 1 rings (SSSR count). The van der Waals surface area contributed by atoms with Gasteiger partial charge in [-0.1, -0.05) is 18.5 Å². The van der Waals surface area contributed by atoms with Gasteiger partial charge in [0.15, 0.2) is 0 Å². The lowest BCUT2D eigenvalue weighted by Crippen LogP contribution is -2.30. The summed E-state index contributed by atoms with van der Waals surface area (Å²) in [5, 5.41) is 6.01. The maximum absolute atomic E-state index is 11.3. The van der Waals surface area contributed by atoms with Crippen molar-refractivity contribution in [2.45, 2.75) is 20.3 Å².